The van der Waals surface area contributed by atoms with Gasteiger partial charge in [0.2, 0.25) is 11.8 Å². The number of nitrogens with zero attached hydrogens (tertiary/aromatic N) is 2. The van der Waals surface area contributed by atoms with Gasteiger partial charge in [-0.3, -0.25) is 4.79 Å². The normalized spacial score (nSPS) is 10.9. The van der Waals surface area contributed by atoms with Gasteiger partial charge in [-0.05, 0) is 55.7 Å². The van der Waals surface area contributed by atoms with Crippen LogP contribution in [0.25, 0.3) is 5.69 Å². The molecule has 0 unspecified atom stereocenters. The minimum absolute atomic E-state index is 0.0223. The summed E-state index contributed by atoms with van der Waals surface area (Å²) in [5.74, 6) is 1.61. The third-order valence-electron chi connectivity index (χ3n) is 4.79. The predicted molar refractivity (Wildman–Crippen MR) is 117 cm³/mol. The van der Waals surface area contributed by atoms with Crippen LogP contribution < -0.4 is 14.8 Å². The van der Waals surface area contributed by atoms with Gasteiger partial charge in [-0.25, -0.2) is 9.07 Å². The van der Waals surface area contributed by atoms with E-state index in [4.69, 9.17) is 9.47 Å². The standard InChI is InChI=1S/C24H28FN3O3/c1-16(2)15-26-23(29)14-13-20-17(3)27-28(19-11-9-18(25)10-12-19)24(20)31-22-8-6-5-7-21(22)30-4/h5-12,16H,13-15H2,1-4H3,(H,26,29). The second-order valence-corrected chi connectivity index (χ2v) is 7.71. The van der Waals surface area contributed by atoms with Gasteiger partial charge in [-0.2, -0.15) is 5.10 Å². The number of nitrogens with one attached hydrogen (secondary N) is 1. The average Bonchev–Trinajstić information content (AvgIpc) is 3.06. The van der Waals surface area contributed by atoms with Gasteiger partial charge < -0.3 is 14.8 Å². The number of methoxy groups -OCH3 is 1. The van der Waals surface area contributed by atoms with Crippen LogP contribution in [0, 0.1) is 18.7 Å². The Labute approximate surface area is 182 Å². The molecule has 0 atom stereocenters. The van der Waals surface area contributed by atoms with Crippen LogP contribution >= 0.6 is 0 Å². The molecule has 0 fully saturated rings. The molecule has 1 N–H and O–H groups in total. The van der Waals surface area contributed by atoms with Crippen LogP contribution in [0.3, 0.4) is 0 Å². The number of aryl methyl sites for hydroxylation is 1. The van der Waals surface area contributed by atoms with Crippen molar-refractivity contribution in [1.29, 1.82) is 0 Å². The fourth-order valence-electron chi connectivity index (χ4n) is 3.14. The van der Waals surface area contributed by atoms with Gasteiger partial charge >= 0.3 is 0 Å². The average molecular weight is 426 g/mol. The third kappa shape index (κ3) is 5.63. The van der Waals surface area contributed by atoms with Crippen LogP contribution in [-0.4, -0.2) is 29.3 Å². The number of hydrogen-bond acceptors (Lipinski definition) is 4. The summed E-state index contributed by atoms with van der Waals surface area (Å²) in [5.41, 5.74) is 2.21. The molecule has 7 heteroatoms. The summed E-state index contributed by atoms with van der Waals surface area (Å²) in [6.07, 6.45) is 0.770. The van der Waals surface area contributed by atoms with E-state index in [0.29, 0.717) is 48.4 Å². The van der Waals surface area contributed by atoms with Gasteiger partial charge in [0.1, 0.15) is 5.82 Å². The molecule has 0 saturated carbocycles. The Hall–Kier alpha value is -3.35. The molecular weight excluding hydrogens is 397 g/mol. The molecule has 2 aromatic carbocycles. The zero-order valence-electron chi connectivity index (χ0n) is 18.3. The van der Waals surface area contributed by atoms with E-state index in [1.165, 1.54) is 12.1 Å². The highest BCUT2D eigenvalue weighted by Gasteiger charge is 2.21. The quantitative estimate of drug-likeness (QED) is 0.534. The first kappa shape index (κ1) is 22.3. The topological polar surface area (TPSA) is 65.4 Å². The molecule has 0 aliphatic heterocycles. The van der Waals surface area contributed by atoms with Crippen molar-refractivity contribution in [3.8, 4) is 23.1 Å². The molecule has 6 nitrogen and oxygen atoms in total. The van der Waals surface area contributed by atoms with Crippen molar-refractivity contribution in [2.75, 3.05) is 13.7 Å². The number of aromatic nitrogens is 2. The number of benzene rings is 2. The highest BCUT2D eigenvalue weighted by molar-refractivity contribution is 5.76. The molecule has 1 heterocycles. The lowest BCUT2D eigenvalue weighted by molar-refractivity contribution is -0.121. The van der Waals surface area contributed by atoms with E-state index in [2.05, 4.69) is 24.3 Å². The summed E-state index contributed by atoms with van der Waals surface area (Å²) in [5, 5.41) is 7.55. The minimum atomic E-state index is -0.332. The molecule has 1 aromatic heterocycles. The highest BCUT2D eigenvalue weighted by Crippen LogP contribution is 2.35. The Morgan fingerprint density at radius 1 is 1.13 bits per heavy atom. The molecule has 0 bridgehead atoms. The fraction of sp³-hybridized carbons (Fsp3) is 0.333. The Kier molecular flexibility index (Phi) is 7.28. The first-order valence-electron chi connectivity index (χ1n) is 10.3. The maximum atomic E-state index is 13.5. The van der Waals surface area contributed by atoms with Crippen LogP contribution in [0.1, 0.15) is 31.5 Å². The number of halogens is 1. The van der Waals surface area contributed by atoms with Crippen molar-refractivity contribution in [2.24, 2.45) is 5.92 Å². The van der Waals surface area contributed by atoms with Crippen molar-refractivity contribution in [2.45, 2.75) is 33.6 Å². The van der Waals surface area contributed by atoms with E-state index >= 15 is 0 Å². The molecule has 164 valence electrons. The first-order valence-corrected chi connectivity index (χ1v) is 10.3. The van der Waals surface area contributed by atoms with Gasteiger partial charge in [0.05, 0.1) is 18.5 Å². The SMILES string of the molecule is COc1ccccc1Oc1c(CCC(=O)NCC(C)C)c(C)nn1-c1ccc(F)cc1. The summed E-state index contributed by atoms with van der Waals surface area (Å²) in [6, 6.07) is 13.3. The summed E-state index contributed by atoms with van der Waals surface area (Å²) in [7, 11) is 1.57. The summed E-state index contributed by atoms with van der Waals surface area (Å²) < 4.78 is 26.7. The summed E-state index contributed by atoms with van der Waals surface area (Å²) in [6.45, 7) is 6.61. The van der Waals surface area contributed by atoms with E-state index in [0.717, 1.165) is 11.3 Å². The maximum absolute atomic E-state index is 13.5. The van der Waals surface area contributed by atoms with Crippen molar-refractivity contribution < 1.29 is 18.7 Å². The number of para-hydroxylation sites is 2. The van der Waals surface area contributed by atoms with E-state index in [1.54, 1.807) is 36.1 Å². The van der Waals surface area contributed by atoms with E-state index in [-0.39, 0.29) is 11.7 Å². The van der Waals surface area contributed by atoms with E-state index in [9.17, 15) is 9.18 Å². The number of carbonyl (C=O) groups excluding carboxylic acids is 1. The second-order valence-electron chi connectivity index (χ2n) is 7.71. The van der Waals surface area contributed by atoms with Crippen molar-refractivity contribution in [3.05, 3.63) is 65.6 Å². The first-order chi connectivity index (χ1) is 14.9. The predicted octanol–water partition coefficient (Wildman–Crippen LogP) is 4.83. The third-order valence-corrected chi connectivity index (χ3v) is 4.79. The van der Waals surface area contributed by atoms with Gasteiger partial charge in [-0.15, -0.1) is 0 Å². The van der Waals surface area contributed by atoms with Gasteiger partial charge in [0, 0.05) is 18.5 Å². The fourth-order valence-corrected chi connectivity index (χ4v) is 3.14. The lowest BCUT2D eigenvalue weighted by atomic mass is 10.1. The highest BCUT2D eigenvalue weighted by atomic mass is 19.1. The zero-order valence-corrected chi connectivity index (χ0v) is 18.3. The summed E-state index contributed by atoms with van der Waals surface area (Å²) >= 11 is 0. The molecule has 0 aliphatic carbocycles. The van der Waals surface area contributed by atoms with Crippen LogP contribution in [0.5, 0.6) is 17.4 Å². The minimum Gasteiger partial charge on any atom is -0.493 e. The number of ether oxygens (including phenoxy) is 2. The van der Waals surface area contributed by atoms with Crippen LogP contribution in [0.15, 0.2) is 48.5 Å². The molecular formula is C24H28FN3O3. The van der Waals surface area contributed by atoms with E-state index in [1.807, 2.05) is 19.1 Å². The number of carbonyl (C=O) groups is 1. The molecule has 0 radical (unpaired) electrons. The van der Waals surface area contributed by atoms with Crippen LogP contribution in [0.2, 0.25) is 0 Å². The van der Waals surface area contributed by atoms with Gasteiger partial charge in [-0.1, -0.05) is 26.0 Å². The van der Waals surface area contributed by atoms with Crippen molar-refractivity contribution in [1.82, 2.24) is 15.1 Å². The number of amides is 1. The smallest absolute Gasteiger partial charge is 0.226 e. The molecule has 1 amide bonds. The number of hydrogen-bond donors (Lipinski definition) is 1. The second kappa shape index (κ2) is 10.1. The van der Waals surface area contributed by atoms with Crippen molar-refractivity contribution >= 4 is 5.91 Å². The number of rotatable bonds is 9. The Bertz CT molecular complexity index is 1030. The molecule has 3 aromatic rings. The van der Waals surface area contributed by atoms with Crippen LogP contribution in [-0.2, 0) is 11.2 Å². The maximum Gasteiger partial charge on any atom is 0.226 e. The van der Waals surface area contributed by atoms with Crippen LogP contribution in [0.4, 0.5) is 4.39 Å². The lowest BCUT2D eigenvalue weighted by Crippen LogP contribution is -2.27. The Morgan fingerprint density at radius 3 is 2.45 bits per heavy atom. The largest absolute Gasteiger partial charge is 0.493 e. The van der Waals surface area contributed by atoms with Gasteiger partial charge in [0.15, 0.2) is 11.5 Å². The Morgan fingerprint density at radius 2 is 1.81 bits per heavy atom. The lowest BCUT2D eigenvalue weighted by Gasteiger charge is -2.14. The van der Waals surface area contributed by atoms with Crippen molar-refractivity contribution in [3.63, 3.8) is 0 Å². The summed E-state index contributed by atoms with van der Waals surface area (Å²) in [4.78, 5) is 12.3. The molecule has 0 saturated heterocycles. The monoisotopic (exact) mass is 425 g/mol. The Balaban J connectivity index is 1.95. The van der Waals surface area contributed by atoms with Gasteiger partial charge in [0.25, 0.3) is 0 Å². The van der Waals surface area contributed by atoms with E-state index < -0.39 is 0 Å². The molecule has 0 spiro atoms. The molecule has 31 heavy (non-hydrogen) atoms. The molecule has 3 rings (SSSR count). The molecule has 0 aliphatic rings. The zero-order chi connectivity index (χ0) is 22.4.